The summed E-state index contributed by atoms with van der Waals surface area (Å²) in [4.78, 5) is 16.9. The van der Waals surface area contributed by atoms with Crippen LogP contribution in [0.3, 0.4) is 0 Å². The van der Waals surface area contributed by atoms with Gasteiger partial charge in [-0.25, -0.2) is 0 Å². The van der Waals surface area contributed by atoms with Gasteiger partial charge in [0, 0.05) is 20.1 Å². The average molecular weight is 375 g/mol. The number of ether oxygens (including phenoxy) is 1. The highest BCUT2D eigenvalue weighted by Gasteiger charge is 2.47. The number of aliphatic hydroxyl groups excluding tert-OH is 1. The molecule has 150 valence electrons. The van der Waals surface area contributed by atoms with Gasteiger partial charge in [-0.3, -0.25) is 9.69 Å². The van der Waals surface area contributed by atoms with Crippen molar-refractivity contribution in [3.05, 3.63) is 28.8 Å². The minimum absolute atomic E-state index is 0.218. The molecule has 2 aliphatic rings. The first-order chi connectivity index (χ1) is 12.8. The molecule has 2 saturated heterocycles. The molecule has 0 bridgehead atoms. The zero-order chi connectivity index (χ0) is 19.8. The maximum Gasteiger partial charge on any atom is 0.228 e. The molecule has 0 saturated carbocycles. The molecule has 5 nitrogen and oxygen atoms in total. The zero-order valence-corrected chi connectivity index (χ0v) is 17.4. The van der Waals surface area contributed by atoms with Crippen LogP contribution in [0.4, 0.5) is 0 Å². The number of hydrogen-bond acceptors (Lipinski definition) is 4. The van der Waals surface area contributed by atoms with E-state index in [1.165, 1.54) is 16.7 Å². The summed E-state index contributed by atoms with van der Waals surface area (Å²) in [6.45, 7) is 9.69. The van der Waals surface area contributed by atoms with E-state index >= 15 is 0 Å². The molecule has 27 heavy (non-hydrogen) atoms. The van der Waals surface area contributed by atoms with Crippen LogP contribution in [-0.4, -0.2) is 60.7 Å². The smallest absolute Gasteiger partial charge is 0.228 e. The second-order valence-electron chi connectivity index (χ2n) is 8.78. The second-order valence-corrected chi connectivity index (χ2v) is 8.78. The Morgan fingerprint density at radius 1 is 1.30 bits per heavy atom. The van der Waals surface area contributed by atoms with Crippen molar-refractivity contribution in [2.24, 2.45) is 5.41 Å². The summed E-state index contributed by atoms with van der Waals surface area (Å²) in [6.07, 6.45) is 1.89. The maximum atomic E-state index is 12.7. The molecule has 2 aliphatic heterocycles. The van der Waals surface area contributed by atoms with Gasteiger partial charge in [0.25, 0.3) is 0 Å². The average Bonchev–Trinajstić information content (AvgIpc) is 2.62. The van der Waals surface area contributed by atoms with Crippen LogP contribution >= 0.6 is 0 Å². The van der Waals surface area contributed by atoms with Crippen LogP contribution in [0, 0.1) is 12.3 Å². The van der Waals surface area contributed by atoms with Gasteiger partial charge in [0.1, 0.15) is 5.75 Å². The number of aryl methyl sites for hydroxylation is 1. The summed E-state index contributed by atoms with van der Waals surface area (Å²) >= 11 is 0. The number of likely N-dealkylation sites (N-methyl/N-ethyl adjacent to an activating group) is 1. The van der Waals surface area contributed by atoms with Crippen molar-refractivity contribution in [1.82, 2.24) is 9.80 Å². The number of nitrogens with zero attached hydrogens (tertiary/aromatic N) is 2. The maximum absolute atomic E-state index is 12.7. The lowest BCUT2D eigenvalue weighted by Gasteiger charge is -2.47. The number of piperidine rings is 2. The molecule has 1 atom stereocenters. The summed E-state index contributed by atoms with van der Waals surface area (Å²) in [7, 11) is 3.55. The molecule has 0 aliphatic carbocycles. The normalized spacial score (nSPS) is 23.3. The number of benzene rings is 1. The summed E-state index contributed by atoms with van der Waals surface area (Å²) in [6, 6.07) is 4.43. The molecule has 2 fully saturated rings. The van der Waals surface area contributed by atoms with Crippen LogP contribution in [0.2, 0.25) is 0 Å². The second kappa shape index (κ2) is 7.80. The molecule has 1 N–H and O–H groups in total. The van der Waals surface area contributed by atoms with Gasteiger partial charge >= 0.3 is 0 Å². The molecule has 2 heterocycles. The number of likely N-dealkylation sites (tertiary alicyclic amines) is 2. The van der Waals surface area contributed by atoms with Crippen LogP contribution in [0.25, 0.3) is 0 Å². The van der Waals surface area contributed by atoms with E-state index < -0.39 is 6.10 Å². The molecule has 1 aromatic rings. The molecule has 3 rings (SSSR count). The van der Waals surface area contributed by atoms with Crippen LogP contribution in [0.15, 0.2) is 12.1 Å². The Hall–Kier alpha value is -1.59. The fourth-order valence-corrected chi connectivity index (χ4v) is 4.75. The molecule has 1 spiro atoms. The molecular formula is C22H34N2O3. The number of hydrogen-bond donors (Lipinski definition) is 1. The summed E-state index contributed by atoms with van der Waals surface area (Å²) in [5.41, 5.74) is 3.47. The predicted molar refractivity (Wildman–Crippen MR) is 107 cm³/mol. The minimum Gasteiger partial charge on any atom is -0.496 e. The van der Waals surface area contributed by atoms with Crippen LogP contribution < -0.4 is 4.74 Å². The van der Waals surface area contributed by atoms with Crippen LogP contribution in [0.5, 0.6) is 5.75 Å². The number of methoxy groups -OCH3 is 1. The van der Waals surface area contributed by atoms with Crippen molar-refractivity contribution in [1.29, 1.82) is 0 Å². The Bertz CT molecular complexity index is 693. The highest BCUT2D eigenvalue weighted by Crippen LogP contribution is 2.41. The summed E-state index contributed by atoms with van der Waals surface area (Å²) < 4.78 is 5.56. The third-order valence-electron chi connectivity index (χ3n) is 6.43. The monoisotopic (exact) mass is 374 g/mol. The van der Waals surface area contributed by atoms with Gasteiger partial charge in [0.05, 0.1) is 18.6 Å². The fraction of sp³-hybridized carbons (Fsp3) is 0.682. The van der Waals surface area contributed by atoms with E-state index in [9.17, 15) is 9.90 Å². The third kappa shape index (κ3) is 3.99. The number of rotatable bonds is 4. The fourth-order valence-electron chi connectivity index (χ4n) is 4.75. The third-order valence-corrected chi connectivity index (χ3v) is 6.43. The molecule has 5 heteroatoms. The SMILES string of the molecule is COc1cc(C)c(CN2CCC3(CC2)CC(O)CN(C)C3=O)cc1C(C)C. The van der Waals surface area contributed by atoms with E-state index in [4.69, 9.17) is 4.74 Å². The van der Waals surface area contributed by atoms with Gasteiger partial charge in [-0.2, -0.15) is 0 Å². The Labute approximate surface area is 163 Å². The number of carbonyl (C=O) groups is 1. The highest BCUT2D eigenvalue weighted by molar-refractivity contribution is 5.83. The van der Waals surface area contributed by atoms with E-state index in [0.717, 1.165) is 38.2 Å². The van der Waals surface area contributed by atoms with Crippen LogP contribution in [-0.2, 0) is 11.3 Å². The molecule has 0 radical (unpaired) electrons. The van der Waals surface area contributed by atoms with E-state index in [2.05, 4.69) is 37.8 Å². The van der Waals surface area contributed by atoms with Crippen molar-refractivity contribution in [3.63, 3.8) is 0 Å². The first-order valence-corrected chi connectivity index (χ1v) is 10.1. The highest BCUT2D eigenvalue weighted by atomic mass is 16.5. The van der Waals surface area contributed by atoms with Crippen molar-refractivity contribution in [3.8, 4) is 5.75 Å². The lowest BCUT2D eigenvalue weighted by Crippen LogP contribution is -2.56. The summed E-state index contributed by atoms with van der Waals surface area (Å²) in [5.74, 6) is 1.60. The Morgan fingerprint density at radius 2 is 1.96 bits per heavy atom. The zero-order valence-electron chi connectivity index (χ0n) is 17.4. The predicted octanol–water partition coefficient (Wildman–Crippen LogP) is 2.93. The summed E-state index contributed by atoms with van der Waals surface area (Å²) in [5, 5.41) is 10.2. The van der Waals surface area contributed by atoms with Crippen molar-refractivity contribution < 1.29 is 14.6 Å². The largest absolute Gasteiger partial charge is 0.496 e. The number of carbonyl (C=O) groups excluding carboxylic acids is 1. The number of amides is 1. The quantitative estimate of drug-likeness (QED) is 0.880. The van der Waals surface area contributed by atoms with E-state index in [1.807, 2.05) is 7.05 Å². The number of aliphatic hydroxyl groups is 1. The van der Waals surface area contributed by atoms with Gasteiger partial charge in [-0.05, 0) is 68.0 Å². The van der Waals surface area contributed by atoms with Crippen molar-refractivity contribution in [2.75, 3.05) is 33.8 Å². The van der Waals surface area contributed by atoms with Gasteiger partial charge in [-0.15, -0.1) is 0 Å². The van der Waals surface area contributed by atoms with Gasteiger partial charge in [0.2, 0.25) is 5.91 Å². The topological polar surface area (TPSA) is 53.0 Å². The van der Waals surface area contributed by atoms with Gasteiger partial charge < -0.3 is 14.7 Å². The first kappa shape index (κ1) is 20.2. The van der Waals surface area contributed by atoms with E-state index in [-0.39, 0.29) is 11.3 Å². The molecular weight excluding hydrogens is 340 g/mol. The number of β-amino-alcohol motifs (C(OH)–C–C–N with tert-alkyl or cyclic N) is 1. The lowest BCUT2D eigenvalue weighted by atomic mass is 9.71. The standard InChI is InChI=1S/C22H34N2O3/c1-15(2)19-11-17(16(3)10-20(19)27-5)13-24-8-6-22(7-9-24)12-18(25)14-23(4)21(22)26/h10-11,15,18,25H,6-9,12-14H2,1-5H3. The van der Waals surface area contributed by atoms with Gasteiger partial charge in [0.15, 0.2) is 0 Å². The Balaban J connectivity index is 1.71. The molecule has 1 amide bonds. The van der Waals surface area contributed by atoms with Crippen LogP contribution in [0.1, 0.15) is 55.7 Å². The van der Waals surface area contributed by atoms with Gasteiger partial charge in [-0.1, -0.05) is 19.9 Å². The van der Waals surface area contributed by atoms with Crippen molar-refractivity contribution >= 4 is 5.91 Å². The molecule has 1 unspecified atom stereocenters. The van der Waals surface area contributed by atoms with E-state index in [0.29, 0.717) is 18.9 Å². The minimum atomic E-state index is -0.392. The lowest BCUT2D eigenvalue weighted by molar-refractivity contribution is -0.154. The molecule has 0 aromatic heterocycles. The van der Waals surface area contributed by atoms with Crippen molar-refractivity contribution in [2.45, 2.75) is 58.6 Å². The molecule has 1 aromatic carbocycles. The Kier molecular flexibility index (Phi) is 5.82. The Morgan fingerprint density at radius 3 is 2.56 bits per heavy atom. The van der Waals surface area contributed by atoms with E-state index in [1.54, 1.807) is 12.0 Å². The first-order valence-electron chi connectivity index (χ1n) is 10.1.